The number of nitrogens with zero attached hydrogens (tertiary/aromatic N) is 2. The molecule has 0 aromatic heterocycles. The van der Waals surface area contributed by atoms with E-state index >= 15 is 0 Å². The molecule has 7 heteroatoms. The largest absolute Gasteiger partial charge is 0.496 e. The molecule has 0 aliphatic carbocycles. The lowest BCUT2D eigenvalue weighted by Crippen LogP contribution is -2.48. The minimum Gasteiger partial charge on any atom is -0.496 e. The molecule has 0 spiro atoms. The molecule has 0 radical (unpaired) electrons. The summed E-state index contributed by atoms with van der Waals surface area (Å²) >= 11 is 0. The van der Waals surface area contributed by atoms with Crippen molar-refractivity contribution in [2.45, 2.75) is 18.9 Å². The number of carbonyl (C=O) groups excluding carboxylic acids is 1. The lowest BCUT2D eigenvalue weighted by Gasteiger charge is -2.37. The number of nitrogens with one attached hydrogen (secondary N) is 1. The molecule has 1 aliphatic heterocycles. The summed E-state index contributed by atoms with van der Waals surface area (Å²) in [5, 5.41) is 14.2. The first-order valence-electron chi connectivity index (χ1n) is 8.96. The number of aryl methyl sites for hydroxylation is 1. The van der Waals surface area contributed by atoms with Crippen molar-refractivity contribution in [3.05, 3.63) is 69.8 Å². The van der Waals surface area contributed by atoms with Crippen molar-refractivity contribution in [3.8, 4) is 5.75 Å². The van der Waals surface area contributed by atoms with Crippen LogP contribution < -0.4 is 10.1 Å². The second-order valence-corrected chi connectivity index (χ2v) is 6.48. The lowest BCUT2D eigenvalue weighted by atomic mass is 10.0. The first-order chi connectivity index (χ1) is 13.1. The first kappa shape index (κ1) is 18.8. The van der Waals surface area contributed by atoms with Gasteiger partial charge in [-0.3, -0.25) is 14.9 Å². The van der Waals surface area contributed by atoms with Gasteiger partial charge in [-0.1, -0.05) is 30.3 Å². The van der Waals surface area contributed by atoms with Crippen molar-refractivity contribution < 1.29 is 14.5 Å². The van der Waals surface area contributed by atoms with Gasteiger partial charge in [0, 0.05) is 43.8 Å². The van der Waals surface area contributed by atoms with Gasteiger partial charge in [-0.25, -0.2) is 0 Å². The predicted octanol–water partition coefficient (Wildman–Crippen LogP) is 2.71. The van der Waals surface area contributed by atoms with Crippen LogP contribution in [0, 0.1) is 10.1 Å². The van der Waals surface area contributed by atoms with E-state index in [-0.39, 0.29) is 17.6 Å². The molecule has 0 bridgehead atoms. The molecule has 1 saturated heterocycles. The SMILES string of the molecule is COc1ccccc1C1CNCCN1C(=O)CCc1cccc([N+](=O)[O-])c1. The Bertz CT molecular complexity index is 824. The van der Waals surface area contributed by atoms with Crippen molar-refractivity contribution in [1.29, 1.82) is 0 Å². The number of para-hydroxylation sites is 1. The molecule has 1 atom stereocenters. The van der Waals surface area contributed by atoms with Gasteiger partial charge < -0.3 is 15.0 Å². The molecular formula is C20H23N3O4. The number of non-ortho nitro benzene ring substituents is 1. The average molecular weight is 369 g/mol. The summed E-state index contributed by atoms with van der Waals surface area (Å²) in [6, 6.07) is 14.1. The quantitative estimate of drug-likeness (QED) is 0.625. The minimum absolute atomic E-state index is 0.0407. The number of rotatable bonds is 6. The summed E-state index contributed by atoms with van der Waals surface area (Å²) in [5.74, 6) is 0.807. The standard InChI is InChI=1S/C20H23N3O4/c1-27-19-8-3-2-7-17(19)18-14-21-11-12-22(18)20(24)10-9-15-5-4-6-16(13-15)23(25)26/h2-8,13,18,21H,9-12,14H2,1H3. The Morgan fingerprint density at radius 2 is 2.11 bits per heavy atom. The van der Waals surface area contributed by atoms with Gasteiger partial charge in [0.1, 0.15) is 5.75 Å². The normalized spacial score (nSPS) is 16.8. The summed E-state index contributed by atoms with van der Waals surface area (Å²) < 4.78 is 5.46. The Kier molecular flexibility index (Phi) is 6.03. The molecule has 0 saturated carbocycles. The van der Waals surface area contributed by atoms with E-state index in [2.05, 4.69) is 5.32 Å². The smallest absolute Gasteiger partial charge is 0.269 e. The Morgan fingerprint density at radius 3 is 2.89 bits per heavy atom. The Morgan fingerprint density at radius 1 is 1.30 bits per heavy atom. The van der Waals surface area contributed by atoms with Gasteiger partial charge in [-0.2, -0.15) is 0 Å². The van der Waals surface area contributed by atoms with Crippen LogP contribution in [0.5, 0.6) is 5.75 Å². The number of methoxy groups -OCH3 is 1. The number of benzene rings is 2. The highest BCUT2D eigenvalue weighted by Gasteiger charge is 2.29. The van der Waals surface area contributed by atoms with Crippen LogP contribution in [0.4, 0.5) is 5.69 Å². The number of nitro benzene ring substituents is 1. The first-order valence-corrected chi connectivity index (χ1v) is 8.96. The lowest BCUT2D eigenvalue weighted by molar-refractivity contribution is -0.384. The summed E-state index contributed by atoms with van der Waals surface area (Å²) in [6.07, 6.45) is 0.788. The van der Waals surface area contributed by atoms with Crippen LogP contribution in [0.25, 0.3) is 0 Å². The fourth-order valence-electron chi connectivity index (χ4n) is 3.44. The molecule has 27 heavy (non-hydrogen) atoms. The highest BCUT2D eigenvalue weighted by atomic mass is 16.6. The second kappa shape index (κ2) is 8.64. The number of amides is 1. The third kappa shape index (κ3) is 4.43. The third-order valence-electron chi connectivity index (χ3n) is 4.81. The van der Waals surface area contributed by atoms with Gasteiger partial charge in [0.25, 0.3) is 5.69 Å². The topological polar surface area (TPSA) is 84.7 Å². The van der Waals surface area contributed by atoms with Crippen LogP contribution in [0.3, 0.4) is 0 Å². The maximum atomic E-state index is 12.9. The number of piperazine rings is 1. The predicted molar refractivity (Wildman–Crippen MR) is 102 cm³/mol. The Hall–Kier alpha value is -2.93. The van der Waals surface area contributed by atoms with Crippen molar-refractivity contribution in [2.24, 2.45) is 0 Å². The number of nitro groups is 1. The third-order valence-corrected chi connectivity index (χ3v) is 4.81. The highest BCUT2D eigenvalue weighted by molar-refractivity contribution is 5.77. The highest BCUT2D eigenvalue weighted by Crippen LogP contribution is 2.30. The van der Waals surface area contributed by atoms with E-state index in [1.54, 1.807) is 13.2 Å². The van der Waals surface area contributed by atoms with Gasteiger partial charge in [0.15, 0.2) is 0 Å². The average Bonchev–Trinajstić information content (AvgIpc) is 2.72. The van der Waals surface area contributed by atoms with Crippen molar-refractivity contribution >= 4 is 11.6 Å². The zero-order valence-corrected chi connectivity index (χ0v) is 15.3. The summed E-state index contributed by atoms with van der Waals surface area (Å²) in [5.41, 5.74) is 1.83. The van der Waals surface area contributed by atoms with Crippen LogP contribution >= 0.6 is 0 Å². The molecule has 2 aromatic rings. The minimum atomic E-state index is -0.417. The summed E-state index contributed by atoms with van der Waals surface area (Å²) in [7, 11) is 1.63. The van der Waals surface area contributed by atoms with Gasteiger partial charge >= 0.3 is 0 Å². The maximum absolute atomic E-state index is 12.9. The molecule has 1 N–H and O–H groups in total. The van der Waals surface area contributed by atoms with E-state index in [0.29, 0.717) is 25.9 Å². The van der Waals surface area contributed by atoms with Crippen LogP contribution in [-0.4, -0.2) is 42.5 Å². The number of ether oxygens (including phenoxy) is 1. The molecule has 1 fully saturated rings. The van der Waals surface area contributed by atoms with Crippen LogP contribution in [0.15, 0.2) is 48.5 Å². The van der Waals surface area contributed by atoms with E-state index in [0.717, 1.165) is 23.4 Å². The van der Waals surface area contributed by atoms with E-state index in [1.165, 1.54) is 12.1 Å². The molecule has 2 aromatic carbocycles. The van der Waals surface area contributed by atoms with Crippen molar-refractivity contribution in [2.75, 3.05) is 26.7 Å². The Labute approximate surface area is 158 Å². The van der Waals surface area contributed by atoms with Crippen LogP contribution in [-0.2, 0) is 11.2 Å². The number of hydrogen-bond acceptors (Lipinski definition) is 5. The zero-order valence-electron chi connectivity index (χ0n) is 15.3. The van der Waals surface area contributed by atoms with Gasteiger partial charge in [0.2, 0.25) is 5.91 Å². The van der Waals surface area contributed by atoms with E-state index in [4.69, 9.17) is 4.74 Å². The van der Waals surface area contributed by atoms with Crippen molar-refractivity contribution in [3.63, 3.8) is 0 Å². The Balaban J connectivity index is 1.72. The van der Waals surface area contributed by atoms with E-state index in [1.807, 2.05) is 35.2 Å². The van der Waals surface area contributed by atoms with Crippen molar-refractivity contribution in [1.82, 2.24) is 10.2 Å². The van der Waals surface area contributed by atoms with Gasteiger partial charge in [-0.15, -0.1) is 0 Å². The molecule has 1 amide bonds. The van der Waals surface area contributed by atoms with Crippen LogP contribution in [0.1, 0.15) is 23.6 Å². The van der Waals surface area contributed by atoms with E-state index < -0.39 is 4.92 Å². The molecular weight excluding hydrogens is 346 g/mol. The molecule has 1 unspecified atom stereocenters. The number of carbonyl (C=O) groups is 1. The summed E-state index contributed by atoms with van der Waals surface area (Å²) in [6.45, 7) is 2.04. The molecule has 142 valence electrons. The van der Waals surface area contributed by atoms with Crippen LogP contribution in [0.2, 0.25) is 0 Å². The van der Waals surface area contributed by atoms with E-state index in [9.17, 15) is 14.9 Å². The summed E-state index contributed by atoms with van der Waals surface area (Å²) in [4.78, 5) is 25.3. The second-order valence-electron chi connectivity index (χ2n) is 6.48. The molecule has 1 heterocycles. The number of hydrogen-bond donors (Lipinski definition) is 1. The van der Waals surface area contributed by atoms with Gasteiger partial charge in [-0.05, 0) is 18.1 Å². The van der Waals surface area contributed by atoms with Gasteiger partial charge in [0.05, 0.1) is 18.1 Å². The zero-order chi connectivity index (χ0) is 19.2. The molecule has 1 aliphatic rings. The maximum Gasteiger partial charge on any atom is 0.269 e. The monoisotopic (exact) mass is 369 g/mol. The molecule has 7 nitrogen and oxygen atoms in total. The fourth-order valence-corrected chi connectivity index (χ4v) is 3.44. The molecule has 3 rings (SSSR count). The fraction of sp³-hybridized carbons (Fsp3) is 0.350.